The summed E-state index contributed by atoms with van der Waals surface area (Å²) in [6.07, 6.45) is 3.50. The number of pyridine rings is 1. The van der Waals surface area contributed by atoms with Crippen molar-refractivity contribution in [3.05, 3.63) is 58.3 Å². The Bertz CT molecular complexity index is 658. The fourth-order valence-corrected chi connectivity index (χ4v) is 2.50. The van der Waals surface area contributed by atoms with Gasteiger partial charge in [-0.05, 0) is 23.8 Å². The van der Waals surface area contributed by atoms with Crippen LogP contribution in [0.15, 0.2) is 47.7 Å². The number of nitrogens with zero attached hydrogens (tertiary/aromatic N) is 3. The summed E-state index contributed by atoms with van der Waals surface area (Å²) < 4.78 is 0. The van der Waals surface area contributed by atoms with Gasteiger partial charge in [-0.3, -0.25) is 9.82 Å². The Morgan fingerprint density at radius 1 is 1.23 bits per heavy atom. The van der Waals surface area contributed by atoms with Crippen molar-refractivity contribution in [2.45, 2.75) is 6.61 Å². The zero-order valence-electron chi connectivity index (χ0n) is 11.7. The topological polar surface area (TPSA) is 49.8 Å². The van der Waals surface area contributed by atoms with Crippen LogP contribution in [0, 0.1) is 0 Å². The van der Waals surface area contributed by atoms with E-state index in [0.717, 1.165) is 12.1 Å². The van der Waals surface area contributed by atoms with Gasteiger partial charge in [0.1, 0.15) is 12.3 Å². The van der Waals surface area contributed by atoms with E-state index in [2.05, 4.69) is 15.3 Å². The molecule has 1 aromatic heterocycles. The lowest BCUT2D eigenvalue weighted by Gasteiger charge is -2.17. The van der Waals surface area contributed by atoms with Gasteiger partial charge in [0.05, 0.1) is 16.6 Å². The zero-order valence-corrected chi connectivity index (χ0v) is 13.2. The van der Waals surface area contributed by atoms with Gasteiger partial charge in [0.2, 0.25) is 5.96 Å². The number of hydrogen-bond donors (Lipinski definition) is 1. The van der Waals surface area contributed by atoms with Gasteiger partial charge in [0.15, 0.2) is 0 Å². The lowest BCUT2D eigenvalue weighted by atomic mass is 10.3. The molecule has 2 aromatic rings. The van der Waals surface area contributed by atoms with Gasteiger partial charge in [-0.1, -0.05) is 35.3 Å². The molecule has 1 aliphatic rings. The van der Waals surface area contributed by atoms with Crippen molar-refractivity contribution < 1.29 is 4.84 Å². The number of aliphatic imine (C=N–C) groups is 1. The highest BCUT2D eigenvalue weighted by molar-refractivity contribution is 6.38. The van der Waals surface area contributed by atoms with Crippen molar-refractivity contribution in [3.8, 4) is 0 Å². The number of rotatable bonds is 4. The lowest BCUT2D eigenvalue weighted by molar-refractivity contribution is -0.102. The van der Waals surface area contributed by atoms with Crippen LogP contribution in [0.5, 0.6) is 0 Å². The third kappa shape index (κ3) is 3.50. The Hall–Kier alpha value is -1.82. The van der Waals surface area contributed by atoms with Crippen LogP contribution in [0.25, 0.3) is 0 Å². The molecule has 114 valence electrons. The average molecular weight is 337 g/mol. The quantitative estimate of drug-likeness (QED) is 0.929. The number of hydrogen-bond acceptors (Lipinski definition) is 3. The second kappa shape index (κ2) is 6.96. The number of aromatic nitrogens is 1. The summed E-state index contributed by atoms with van der Waals surface area (Å²) in [7, 11) is 0. The van der Waals surface area contributed by atoms with Gasteiger partial charge in [-0.2, -0.15) is 0 Å². The Kier molecular flexibility index (Phi) is 4.77. The van der Waals surface area contributed by atoms with E-state index in [0.29, 0.717) is 34.8 Å². The average Bonchev–Trinajstić information content (AvgIpc) is 2.97. The van der Waals surface area contributed by atoms with Gasteiger partial charge in [0.25, 0.3) is 0 Å². The molecule has 0 aliphatic carbocycles. The molecule has 1 aromatic carbocycles. The third-order valence-electron chi connectivity index (χ3n) is 3.10. The summed E-state index contributed by atoms with van der Waals surface area (Å²) in [6.45, 7) is 1.86. The smallest absolute Gasteiger partial charge is 0.223 e. The molecule has 0 radical (unpaired) electrons. The Labute approximate surface area is 138 Å². The Balaban J connectivity index is 1.74. The maximum atomic E-state index is 6.14. The fourth-order valence-electron chi connectivity index (χ4n) is 2.02. The third-order valence-corrected chi connectivity index (χ3v) is 3.71. The van der Waals surface area contributed by atoms with Gasteiger partial charge in [-0.25, -0.2) is 10.1 Å². The van der Waals surface area contributed by atoms with Crippen molar-refractivity contribution in [1.82, 2.24) is 15.4 Å². The van der Waals surface area contributed by atoms with Gasteiger partial charge in [0, 0.05) is 18.9 Å². The number of guanidine groups is 1. The maximum absolute atomic E-state index is 6.14. The van der Waals surface area contributed by atoms with Crippen molar-refractivity contribution in [1.29, 1.82) is 0 Å². The molecular weight excluding hydrogens is 323 g/mol. The summed E-state index contributed by atoms with van der Waals surface area (Å²) in [6, 6.07) is 9.12. The summed E-state index contributed by atoms with van der Waals surface area (Å²) in [5.74, 6) is 0.596. The minimum absolute atomic E-state index is 0.421. The van der Waals surface area contributed by atoms with E-state index in [4.69, 9.17) is 28.0 Å². The number of hydroxylamine groups is 2. The molecule has 2 heterocycles. The van der Waals surface area contributed by atoms with Crippen molar-refractivity contribution in [2.24, 2.45) is 4.99 Å². The van der Waals surface area contributed by atoms with Gasteiger partial charge in [-0.15, -0.1) is 0 Å². The zero-order chi connectivity index (χ0) is 15.4. The Morgan fingerprint density at radius 3 is 2.77 bits per heavy atom. The molecule has 0 unspecified atom stereocenters. The van der Waals surface area contributed by atoms with E-state index in [1.807, 2.05) is 12.1 Å². The van der Waals surface area contributed by atoms with E-state index in [9.17, 15) is 0 Å². The number of para-hydroxylation sites is 1. The summed E-state index contributed by atoms with van der Waals surface area (Å²) in [4.78, 5) is 14.3. The molecule has 3 rings (SSSR count). The van der Waals surface area contributed by atoms with Gasteiger partial charge < -0.3 is 5.32 Å². The number of benzene rings is 1. The lowest BCUT2D eigenvalue weighted by Crippen LogP contribution is -2.30. The molecule has 22 heavy (non-hydrogen) atoms. The van der Waals surface area contributed by atoms with Crippen LogP contribution < -0.4 is 5.32 Å². The molecule has 1 N–H and O–H groups in total. The predicted octanol–water partition coefficient (Wildman–Crippen LogP) is 3.41. The molecule has 0 atom stereocenters. The molecule has 5 nitrogen and oxygen atoms in total. The van der Waals surface area contributed by atoms with Gasteiger partial charge >= 0.3 is 0 Å². The molecule has 1 fully saturated rings. The highest BCUT2D eigenvalue weighted by Gasteiger charge is 2.20. The first-order valence-corrected chi connectivity index (χ1v) is 7.55. The second-order valence-electron chi connectivity index (χ2n) is 4.67. The van der Waals surface area contributed by atoms with Crippen molar-refractivity contribution >= 4 is 34.8 Å². The Morgan fingerprint density at radius 2 is 2.05 bits per heavy atom. The summed E-state index contributed by atoms with van der Waals surface area (Å²) in [5, 5.41) is 5.87. The summed E-state index contributed by atoms with van der Waals surface area (Å²) in [5.41, 5.74) is 1.52. The number of nitrogens with one attached hydrogen (secondary N) is 1. The van der Waals surface area contributed by atoms with Crippen LogP contribution in [0.3, 0.4) is 0 Å². The number of halogens is 2. The molecule has 7 heteroatoms. The molecule has 0 spiro atoms. The molecule has 0 amide bonds. The first-order valence-electron chi connectivity index (χ1n) is 6.80. The van der Waals surface area contributed by atoms with Crippen molar-refractivity contribution in [3.63, 3.8) is 0 Å². The monoisotopic (exact) mass is 336 g/mol. The standard InChI is InChI=1S/C15H14Cl2N4O/c16-12-4-1-5-13(17)14(12)20-15-19-7-8-21(15)22-10-11-3-2-6-18-9-11/h1-6,9H,7-8,10H2,(H,19,20). The van der Waals surface area contributed by atoms with E-state index >= 15 is 0 Å². The van der Waals surface area contributed by atoms with Crippen LogP contribution in [0.4, 0.5) is 5.69 Å². The van der Waals surface area contributed by atoms with Crippen LogP contribution in [-0.2, 0) is 11.4 Å². The highest BCUT2D eigenvalue weighted by atomic mass is 35.5. The van der Waals surface area contributed by atoms with Crippen LogP contribution in [0.1, 0.15) is 5.56 Å². The SMILES string of the molecule is Clc1cccc(Cl)c1/N=C1\NCCN1OCc1cccnc1. The normalized spacial score (nSPS) is 16.1. The molecule has 1 aliphatic heterocycles. The van der Waals surface area contributed by atoms with Crippen LogP contribution in [0.2, 0.25) is 10.0 Å². The molecular formula is C15H14Cl2N4O. The van der Waals surface area contributed by atoms with Crippen LogP contribution >= 0.6 is 23.2 Å². The van der Waals surface area contributed by atoms with Crippen molar-refractivity contribution in [2.75, 3.05) is 13.1 Å². The van der Waals surface area contributed by atoms with E-state index in [1.54, 1.807) is 35.7 Å². The largest absolute Gasteiger partial charge is 0.352 e. The molecule has 1 saturated heterocycles. The van der Waals surface area contributed by atoms with Crippen LogP contribution in [-0.4, -0.2) is 29.1 Å². The van der Waals surface area contributed by atoms with E-state index < -0.39 is 0 Å². The summed E-state index contributed by atoms with van der Waals surface area (Å²) >= 11 is 12.3. The fraction of sp³-hybridized carbons (Fsp3) is 0.200. The van der Waals surface area contributed by atoms with E-state index in [-0.39, 0.29) is 0 Å². The first-order chi connectivity index (χ1) is 10.7. The minimum atomic E-state index is 0.421. The highest BCUT2D eigenvalue weighted by Crippen LogP contribution is 2.33. The second-order valence-corrected chi connectivity index (χ2v) is 5.48. The minimum Gasteiger partial charge on any atom is -0.352 e. The predicted molar refractivity (Wildman–Crippen MR) is 87.3 cm³/mol. The first kappa shape index (κ1) is 15.1. The maximum Gasteiger partial charge on any atom is 0.223 e. The van der Waals surface area contributed by atoms with E-state index in [1.165, 1.54) is 0 Å². The molecule has 0 bridgehead atoms. The molecule has 0 saturated carbocycles.